The molecule has 0 fully saturated rings. The van der Waals surface area contributed by atoms with Crippen molar-refractivity contribution in [1.29, 1.82) is 0 Å². The summed E-state index contributed by atoms with van der Waals surface area (Å²) < 4.78 is 13.7. The molecule has 3 rings (SSSR count). The first-order valence-electron chi connectivity index (χ1n) is 7.56. The first-order valence-corrected chi connectivity index (χ1v) is 8.44. The molecule has 2 amide bonds. The second-order valence-electron chi connectivity index (χ2n) is 5.40. The molecule has 0 bridgehead atoms. The molecule has 4 nitrogen and oxygen atoms in total. The van der Waals surface area contributed by atoms with Crippen molar-refractivity contribution in [3.63, 3.8) is 0 Å². The highest BCUT2D eigenvalue weighted by Gasteiger charge is 2.13. The average molecular weight is 354 g/mol. The Morgan fingerprint density at radius 3 is 2.48 bits per heavy atom. The molecule has 0 saturated carbocycles. The van der Waals surface area contributed by atoms with Gasteiger partial charge in [0.2, 0.25) is 0 Å². The maximum absolute atomic E-state index is 13.7. The number of benzene rings is 2. The van der Waals surface area contributed by atoms with Crippen LogP contribution in [-0.4, -0.2) is 11.8 Å². The maximum atomic E-state index is 13.7. The molecule has 3 aromatic rings. The van der Waals surface area contributed by atoms with E-state index in [1.807, 2.05) is 12.3 Å². The highest BCUT2D eigenvalue weighted by molar-refractivity contribution is 7.12. The van der Waals surface area contributed by atoms with Crippen molar-refractivity contribution in [2.75, 3.05) is 10.6 Å². The Morgan fingerprint density at radius 1 is 0.960 bits per heavy atom. The molecule has 1 aromatic heterocycles. The quantitative estimate of drug-likeness (QED) is 0.713. The van der Waals surface area contributed by atoms with Gasteiger partial charge in [-0.05, 0) is 48.2 Å². The molecule has 0 aliphatic rings. The Labute approximate surface area is 148 Å². The normalized spacial score (nSPS) is 10.3. The van der Waals surface area contributed by atoms with E-state index in [9.17, 15) is 14.0 Å². The predicted molar refractivity (Wildman–Crippen MR) is 97.8 cm³/mol. The summed E-state index contributed by atoms with van der Waals surface area (Å²) in [5, 5.41) is 7.29. The molecule has 25 heavy (non-hydrogen) atoms. The van der Waals surface area contributed by atoms with Gasteiger partial charge >= 0.3 is 0 Å². The van der Waals surface area contributed by atoms with Crippen LogP contribution in [0.5, 0.6) is 0 Å². The van der Waals surface area contributed by atoms with Gasteiger partial charge in [0, 0.05) is 11.4 Å². The van der Waals surface area contributed by atoms with Crippen LogP contribution < -0.4 is 10.6 Å². The average Bonchev–Trinajstić information content (AvgIpc) is 3.13. The molecule has 6 heteroatoms. The second kappa shape index (κ2) is 7.27. The Balaban J connectivity index is 1.79. The number of carbonyl (C=O) groups is 2. The van der Waals surface area contributed by atoms with Crippen molar-refractivity contribution >= 4 is 34.5 Å². The third kappa shape index (κ3) is 3.92. The lowest BCUT2D eigenvalue weighted by atomic mass is 10.1. The lowest BCUT2D eigenvalue weighted by molar-refractivity contribution is 0.101. The minimum atomic E-state index is -0.584. The van der Waals surface area contributed by atoms with Gasteiger partial charge in [-0.15, -0.1) is 11.3 Å². The number of rotatable bonds is 4. The monoisotopic (exact) mass is 354 g/mol. The van der Waals surface area contributed by atoms with Gasteiger partial charge in [0.05, 0.1) is 10.4 Å². The Morgan fingerprint density at radius 2 is 1.76 bits per heavy atom. The lowest BCUT2D eigenvalue weighted by Crippen LogP contribution is -2.15. The van der Waals surface area contributed by atoms with Crippen LogP contribution in [-0.2, 0) is 0 Å². The van der Waals surface area contributed by atoms with Gasteiger partial charge in [-0.3, -0.25) is 9.59 Å². The molecule has 126 valence electrons. The highest BCUT2D eigenvalue weighted by Crippen LogP contribution is 2.22. The van der Waals surface area contributed by atoms with E-state index >= 15 is 0 Å². The van der Waals surface area contributed by atoms with Crippen LogP contribution in [0.3, 0.4) is 0 Å². The zero-order valence-electron chi connectivity index (χ0n) is 13.4. The van der Waals surface area contributed by atoms with Gasteiger partial charge in [-0.25, -0.2) is 4.39 Å². The molecule has 1 heterocycles. The molecule has 0 aliphatic heterocycles. The van der Waals surface area contributed by atoms with Gasteiger partial charge < -0.3 is 10.6 Å². The van der Waals surface area contributed by atoms with Crippen molar-refractivity contribution < 1.29 is 14.0 Å². The Bertz CT molecular complexity index is 923. The predicted octanol–water partition coefficient (Wildman–Crippen LogP) is 4.70. The molecular formula is C19H15FN2O2S. The van der Waals surface area contributed by atoms with E-state index in [-0.39, 0.29) is 11.5 Å². The summed E-state index contributed by atoms with van der Waals surface area (Å²) >= 11 is 1.34. The highest BCUT2D eigenvalue weighted by atomic mass is 32.1. The summed E-state index contributed by atoms with van der Waals surface area (Å²) in [6.45, 7) is 1.82. The summed E-state index contributed by atoms with van der Waals surface area (Å²) in [4.78, 5) is 25.0. The molecule has 2 aromatic carbocycles. The number of thiophene rings is 1. The van der Waals surface area contributed by atoms with E-state index in [0.29, 0.717) is 16.3 Å². The summed E-state index contributed by atoms with van der Waals surface area (Å²) in [6, 6.07) is 14.5. The molecule has 0 spiro atoms. The molecule has 2 N–H and O–H groups in total. The lowest BCUT2D eigenvalue weighted by Gasteiger charge is -2.12. The van der Waals surface area contributed by atoms with E-state index in [1.165, 1.54) is 29.5 Å². The van der Waals surface area contributed by atoms with Crippen molar-refractivity contribution in [3.8, 4) is 0 Å². The largest absolute Gasteiger partial charge is 0.322 e. The van der Waals surface area contributed by atoms with Gasteiger partial charge in [-0.1, -0.05) is 24.3 Å². The molecular weight excluding hydrogens is 339 g/mol. The molecule has 0 unspecified atom stereocenters. The third-order valence-corrected chi connectivity index (χ3v) is 4.48. The maximum Gasteiger partial charge on any atom is 0.265 e. The zero-order valence-corrected chi connectivity index (χ0v) is 14.2. The van der Waals surface area contributed by atoms with Gasteiger partial charge in [-0.2, -0.15) is 0 Å². The summed E-state index contributed by atoms with van der Waals surface area (Å²) in [7, 11) is 0. The first kappa shape index (κ1) is 16.9. The van der Waals surface area contributed by atoms with E-state index in [1.54, 1.807) is 36.4 Å². The van der Waals surface area contributed by atoms with Crippen molar-refractivity contribution in [2.45, 2.75) is 6.92 Å². The van der Waals surface area contributed by atoms with Gasteiger partial charge in [0.15, 0.2) is 0 Å². The number of hydrogen-bond donors (Lipinski definition) is 2. The first-order chi connectivity index (χ1) is 12.0. The van der Waals surface area contributed by atoms with Crippen LogP contribution in [0.1, 0.15) is 25.6 Å². The second-order valence-corrected chi connectivity index (χ2v) is 6.34. The van der Waals surface area contributed by atoms with E-state index < -0.39 is 11.7 Å². The number of carbonyl (C=O) groups excluding carboxylic acids is 2. The fourth-order valence-corrected chi connectivity index (χ4v) is 2.89. The zero-order chi connectivity index (χ0) is 17.8. The summed E-state index contributed by atoms with van der Waals surface area (Å²) in [5.74, 6) is -1.34. The molecule has 0 radical (unpaired) electrons. The standard InChI is InChI=1S/C19H15FN2O2S/c1-12-8-9-13(21-19(24)17-7-4-10-25-17)11-16(12)22-18(23)14-5-2-3-6-15(14)20/h2-11H,1H3,(H,21,24)(H,22,23). The number of halogens is 1. The van der Waals surface area contributed by atoms with Crippen LogP contribution in [0.25, 0.3) is 0 Å². The van der Waals surface area contributed by atoms with Gasteiger partial charge in [0.1, 0.15) is 5.82 Å². The number of amides is 2. The van der Waals surface area contributed by atoms with E-state index in [0.717, 1.165) is 5.56 Å². The van der Waals surface area contributed by atoms with Crippen molar-refractivity contribution in [3.05, 3.63) is 81.8 Å². The number of hydrogen-bond acceptors (Lipinski definition) is 3. The van der Waals surface area contributed by atoms with Crippen LogP contribution in [0.15, 0.2) is 60.0 Å². The van der Waals surface area contributed by atoms with Gasteiger partial charge in [0.25, 0.3) is 11.8 Å². The van der Waals surface area contributed by atoms with Crippen molar-refractivity contribution in [2.24, 2.45) is 0 Å². The smallest absolute Gasteiger partial charge is 0.265 e. The third-order valence-electron chi connectivity index (χ3n) is 3.61. The van der Waals surface area contributed by atoms with Crippen LogP contribution in [0.2, 0.25) is 0 Å². The minimum absolute atomic E-state index is 0.0325. The van der Waals surface area contributed by atoms with E-state index in [4.69, 9.17) is 0 Å². The topological polar surface area (TPSA) is 58.2 Å². The number of aryl methyl sites for hydroxylation is 1. The number of anilines is 2. The molecule has 0 aliphatic carbocycles. The Kier molecular flexibility index (Phi) is 4.90. The fourth-order valence-electron chi connectivity index (χ4n) is 2.27. The van der Waals surface area contributed by atoms with E-state index in [2.05, 4.69) is 10.6 Å². The van der Waals surface area contributed by atoms with Crippen molar-refractivity contribution in [1.82, 2.24) is 0 Å². The van der Waals surface area contributed by atoms with Crippen LogP contribution in [0, 0.1) is 12.7 Å². The fraction of sp³-hybridized carbons (Fsp3) is 0.0526. The summed E-state index contributed by atoms with van der Waals surface area (Å²) in [6.07, 6.45) is 0. The van der Waals surface area contributed by atoms with Crippen LogP contribution in [0.4, 0.5) is 15.8 Å². The molecule has 0 atom stereocenters. The van der Waals surface area contributed by atoms with Crippen LogP contribution >= 0.6 is 11.3 Å². The Hall–Kier alpha value is -2.99. The number of nitrogens with one attached hydrogen (secondary N) is 2. The summed E-state index contributed by atoms with van der Waals surface area (Å²) in [5.41, 5.74) is 1.83. The SMILES string of the molecule is Cc1ccc(NC(=O)c2cccs2)cc1NC(=O)c1ccccc1F. The minimum Gasteiger partial charge on any atom is -0.322 e. The molecule has 0 saturated heterocycles.